The molecule has 9 heteroatoms. The maximum Gasteiger partial charge on any atom is 0.280 e. The summed E-state index contributed by atoms with van der Waals surface area (Å²) in [7, 11) is 1.65. The minimum atomic E-state index is -0.164. The SMILES string of the molecule is COc1ccc(C2CC(Nn3c(Cc4ccccc4Nc4ccccc4)nc4ccc(I)cc4c3=O)=NN2)cc1. The van der Waals surface area contributed by atoms with E-state index >= 15 is 0 Å². The van der Waals surface area contributed by atoms with Crippen molar-refractivity contribution in [1.29, 1.82) is 0 Å². The summed E-state index contributed by atoms with van der Waals surface area (Å²) in [5, 5.41) is 8.56. The summed E-state index contributed by atoms with van der Waals surface area (Å²) < 4.78 is 7.79. The van der Waals surface area contributed by atoms with Crippen LogP contribution in [0.15, 0.2) is 107 Å². The van der Waals surface area contributed by atoms with E-state index < -0.39 is 0 Å². The highest BCUT2D eigenvalue weighted by molar-refractivity contribution is 14.1. The standard InChI is InChI=1S/C31H27IN6O2/c1-40-24-14-11-20(12-15-24)28-19-29(36-35-28)37-38-30(34-27-16-13-22(32)18-25(27)31(38)39)17-21-7-5-6-10-26(21)33-23-8-3-2-4-9-23/h2-16,18,28,33,35H,17,19H2,1H3,(H,36,37). The lowest BCUT2D eigenvalue weighted by Gasteiger charge is -2.17. The number of aromatic nitrogens is 2. The molecule has 1 aromatic heterocycles. The predicted molar refractivity (Wildman–Crippen MR) is 168 cm³/mol. The minimum Gasteiger partial charge on any atom is -0.497 e. The molecule has 2 heterocycles. The maximum atomic E-state index is 13.8. The largest absolute Gasteiger partial charge is 0.497 e. The molecule has 0 amide bonds. The fourth-order valence-electron chi connectivity index (χ4n) is 4.75. The number of nitrogens with zero attached hydrogens (tertiary/aromatic N) is 3. The Morgan fingerprint density at radius 2 is 1.77 bits per heavy atom. The van der Waals surface area contributed by atoms with E-state index in [9.17, 15) is 4.79 Å². The van der Waals surface area contributed by atoms with E-state index in [1.807, 2.05) is 97.1 Å². The summed E-state index contributed by atoms with van der Waals surface area (Å²) in [6.45, 7) is 0. The van der Waals surface area contributed by atoms with Crippen LogP contribution in [0.5, 0.6) is 5.75 Å². The summed E-state index contributed by atoms with van der Waals surface area (Å²) >= 11 is 2.22. The summed E-state index contributed by atoms with van der Waals surface area (Å²) in [6, 6.07) is 31.7. The number of methoxy groups -OCH3 is 1. The zero-order valence-electron chi connectivity index (χ0n) is 21.8. The predicted octanol–water partition coefficient (Wildman–Crippen LogP) is 5.94. The number of fused-ring (bicyclic) bond motifs is 1. The van der Waals surface area contributed by atoms with Gasteiger partial charge in [0.15, 0.2) is 0 Å². The molecule has 1 unspecified atom stereocenters. The number of hydrazone groups is 1. The molecule has 0 radical (unpaired) electrons. The topological polar surface area (TPSA) is 92.6 Å². The van der Waals surface area contributed by atoms with Crippen molar-refractivity contribution in [1.82, 2.24) is 15.1 Å². The number of hydrogen-bond donors (Lipinski definition) is 3. The Bertz CT molecular complexity index is 1750. The highest BCUT2D eigenvalue weighted by Crippen LogP contribution is 2.25. The molecular weight excluding hydrogens is 615 g/mol. The van der Waals surface area contributed by atoms with Gasteiger partial charge in [0, 0.05) is 27.8 Å². The third-order valence-corrected chi connectivity index (χ3v) is 7.50. The first-order valence-electron chi connectivity index (χ1n) is 12.9. The Labute approximate surface area is 245 Å². The van der Waals surface area contributed by atoms with Crippen molar-refractivity contribution in [3.05, 3.63) is 128 Å². The lowest BCUT2D eigenvalue weighted by molar-refractivity contribution is 0.414. The second-order valence-corrected chi connectivity index (χ2v) is 10.7. The maximum absolute atomic E-state index is 13.8. The van der Waals surface area contributed by atoms with Crippen LogP contribution in [0.2, 0.25) is 0 Å². The number of rotatable bonds is 7. The zero-order valence-corrected chi connectivity index (χ0v) is 23.9. The van der Waals surface area contributed by atoms with Gasteiger partial charge in [0.2, 0.25) is 0 Å². The van der Waals surface area contributed by atoms with Gasteiger partial charge in [-0.3, -0.25) is 10.2 Å². The van der Waals surface area contributed by atoms with Gasteiger partial charge in [-0.2, -0.15) is 5.10 Å². The van der Waals surface area contributed by atoms with Crippen LogP contribution < -0.4 is 26.5 Å². The lowest BCUT2D eigenvalue weighted by Crippen LogP contribution is -2.36. The molecule has 0 fully saturated rings. The fraction of sp³-hybridized carbons (Fsp3) is 0.129. The second-order valence-electron chi connectivity index (χ2n) is 9.48. The van der Waals surface area contributed by atoms with Crippen molar-refractivity contribution < 1.29 is 4.74 Å². The van der Waals surface area contributed by atoms with Gasteiger partial charge in [-0.15, -0.1) is 0 Å². The van der Waals surface area contributed by atoms with E-state index in [1.54, 1.807) is 7.11 Å². The number of hydrogen-bond acceptors (Lipinski definition) is 7. The molecule has 4 aromatic carbocycles. The molecule has 1 aliphatic rings. The quantitative estimate of drug-likeness (QED) is 0.191. The van der Waals surface area contributed by atoms with Gasteiger partial charge in [0.05, 0.1) is 24.1 Å². The van der Waals surface area contributed by atoms with Gasteiger partial charge in [0.1, 0.15) is 17.4 Å². The molecule has 40 heavy (non-hydrogen) atoms. The van der Waals surface area contributed by atoms with E-state index in [-0.39, 0.29) is 11.6 Å². The molecule has 1 atom stereocenters. The molecule has 8 nitrogen and oxygen atoms in total. The van der Waals surface area contributed by atoms with E-state index in [4.69, 9.17) is 9.72 Å². The molecule has 6 rings (SSSR count). The third-order valence-electron chi connectivity index (χ3n) is 6.83. The van der Waals surface area contributed by atoms with Crippen molar-refractivity contribution in [2.75, 3.05) is 17.9 Å². The minimum absolute atomic E-state index is 0.0160. The van der Waals surface area contributed by atoms with Crippen molar-refractivity contribution >= 4 is 50.7 Å². The number of nitrogens with one attached hydrogen (secondary N) is 3. The Morgan fingerprint density at radius 3 is 2.58 bits per heavy atom. The van der Waals surface area contributed by atoms with Crippen LogP contribution >= 0.6 is 22.6 Å². The number of halogens is 1. The first-order chi connectivity index (χ1) is 19.6. The van der Waals surface area contributed by atoms with Gasteiger partial charge in [-0.05, 0) is 82.2 Å². The zero-order chi connectivity index (χ0) is 27.5. The van der Waals surface area contributed by atoms with Gasteiger partial charge in [0.25, 0.3) is 5.56 Å². The number of para-hydroxylation sites is 2. The van der Waals surface area contributed by atoms with Crippen molar-refractivity contribution in [2.45, 2.75) is 18.9 Å². The summed E-state index contributed by atoms with van der Waals surface area (Å²) in [4.78, 5) is 18.8. The second kappa shape index (κ2) is 11.4. The van der Waals surface area contributed by atoms with Crippen molar-refractivity contribution in [3.63, 3.8) is 0 Å². The monoisotopic (exact) mass is 642 g/mol. The number of anilines is 2. The van der Waals surface area contributed by atoms with Crippen LogP contribution in [-0.2, 0) is 6.42 Å². The van der Waals surface area contributed by atoms with E-state index in [0.29, 0.717) is 35.4 Å². The first kappa shape index (κ1) is 25.9. The average Bonchev–Trinajstić information content (AvgIpc) is 3.46. The van der Waals surface area contributed by atoms with Crippen LogP contribution in [-0.4, -0.2) is 22.6 Å². The summed E-state index contributed by atoms with van der Waals surface area (Å²) in [5.74, 6) is 2.05. The van der Waals surface area contributed by atoms with Crippen LogP contribution in [0.4, 0.5) is 11.4 Å². The molecule has 5 aromatic rings. The van der Waals surface area contributed by atoms with Crippen LogP contribution in [0.1, 0.15) is 29.4 Å². The molecule has 3 N–H and O–H groups in total. The molecule has 1 aliphatic heterocycles. The average molecular weight is 643 g/mol. The highest BCUT2D eigenvalue weighted by Gasteiger charge is 2.22. The Balaban J connectivity index is 1.33. The third kappa shape index (κ3) is 5.50. The van der Waals surface area contributed by atoms with Crippen LogP contribution in [0, 0.1) is 3.57 Å². The molecule has 0 aliphatic carbocycles. The Kier molecular flexibility index (Phi) is 7.37. The van der Waals surface area contributed by atoms with Crippen molar-refractivity contribution in [2.24, 2.45) is 5.10 Å². The summed E-state index contributed by atoms with van der Waals surface area (Å²) in [5.41, 5.74) is 11.0. The lowest BCUT2D eigenvalue weighted by atomic mass is 10.0. The first-order valence-corrected chi connectivity index (χ1v) is 14.0. The van der Waals surface area contributed by atoms with E-state index in [1.165, 1.54) is 4.68 Å². The van der Waals surface area contributed by atoms with E-state index in [2.05, 4.69) is 43.9 Å². The molecule has 0 bridgehead atoms. The molecular formula is C31H27IN6O2. The number of amidine groups is 1. The Morgan fingerprint density at radius 1 is 1.00 bits per heavy atom. The van der Waals surface area contributed by atoms with Gasteiger partial charge in [-0.1, -0.05) is 48.5 Å². The summed E-state index contributed by atoms with van der Waals surface area (Å²) in [6.07, 6.45) is 1.03. The molecule has 0 saturated heterocycles. The van der Waals surface area contributed by atoms with Crippen LogP contribution in [0.3, 0.4) is 0 Å². The molecule has 200 valence electrons. The van der Waals surface area contributed by atoms with Gasteiger partial charge >= 0.3 is 0 Å². The smallest absolute Gasteiger partial charge is 0.280 e. The normalized spacial score (nSPS) is 14.4. The van der Waals surface area contributed by atoms with Gasteiger partial charge < -0.3 is 15.5 Å². The molecule has 0 spiro atoms. The van der Waals surface area contributed by atoms with Crippen LogP contribution in [0.25, 0.3) is 10.9 Å². The van der Waals surface area contributed by atoms with Crippen molar-refractivity contribution in [3.8, 4) is 5.75 Å². The number of benzene rings is 4. The fourth-order valence-corrected chi connectivity index (χ4v) is 5.24. The number of ether oxygens (including phenoxy) is 1. The highest BCUT2D eigenvalue weighted by atomic mass is 127. The molecule has 0 saturated carbocycles. The Hall–Kier alpha value is -4.38. The van der Waals surface area contributed by atoms with Gasteiger partial charge in [-0.25, -0.2) is 9.66 Å². The van der Waals surface area contributed by atoms with E-state index in [0.717, 1.165) is 31.8 Å².